The largest absolute Gasteiger partial charge is 0.442 e. The van der Waals surface area contributed by atoms with Gasteiger partial charge in [0.25, 0.3) is 13.7 Å². The summed E-state index contributed by atoms with van der Waals surface area (Å²) in [6, 6.07) is 14.3. The van der Waals surface area contributed by atoms with E-state index in [9.17, 15) is 14.7 Å². The summed E-state index contributed by atoms with van der Waals surface area (Å²) in [6.07, 6.45) is 0. The molecule has 0 N–H and O–H groups in total. The molecule has 0 radical (unpaired) electrons. The van der Waals surface area contributed by atoms with Gasteiger partial charge in [-0.05, 0) is 24.3 Å². The molecule has 0 fully saturated rings. The molecule has 2 rings (SSSR count). The molecule has 0 aliphatic heterocycles. The van der Waals surface area contributed by atoms with Gasteiger partial charge in [-0.3, -0.25) is 14.7 Å². The molecule has 5 nitrogen and oxygen atoms in total. The van der Waals surface area contributed by atoms with E-state index >= 15 is 0 Å². The number of hydrogen-bond acceptors (Lipinski definition) is 4. The Balaban J connectivity index is 2.10. The van der Waals surface area contributed by atoms with Crippen molar-refractivity contribution in [2.45, 2.75) is 0 Å². The molecule has 0 aliphatic carbocycles. The van der Waals surface area contributed by atoms with Crippen molar-refractivity contribution in [3.63, 3.8) is 0 Å². The summed E-state index contributed by atoms with van der Waals surface area (Å²) >= 11 is 0. The highest BCUT2D eigenvalue weighted by Crippen LogP contribution is 2.27. The van der Waals surface area contributed by atoms with Crippen molar-refractivity contribution in [1.82, 2.24) is 0 Å². The normalized spacial score (nSPS) is 11.8. The van der Waals surface area contributed by atoms with Crippen molar-refractivity contribution >= 4 is 19.0 Å². The van der Waals surface area contributed by atoms with Crippen molar-refractivity contribution in [2.24, 2.45) is 0 Å². The molecule has 92 valence electrons. The lowest BCUT2D eigenvalue weighted by Crippen LogP contribution is -1.98. The summed E-state index contributed by atoms with van der Waals surface area (Å²) in [5.41, 5.74) is -0.0262. The van der Waals surface area contributed by atoms with Gasteiger partial charge in [0.2, 0.25) is 0 Å². The standard InChI is InChI=1S/C12H10NO4P/c14-13(15)10-6-8-11(9-7-10)17-18(16)12-4-2-1-3-5-12/h1-9,18H. The summed E-state index contributed by atoms with van der Waals surface area (Å²) < 4.78 is 17.1. The molecule has 0 saturated carbocycles. The lowest BCUT2D eigenvalue weighted by atomic mass is 10.3. The highest BCUT2D eigenvalue weighted by Gasteiger charge is 2.07. The molecule has 0 heterocycles. The number of nitro groups is 1. The van der Waals surface area contributed by atoms with Crippen LogP contribution in [0.4, 0.5) is 5.69 Å². The number of benzene rings is 2. The van der Waals surface area contributed by atoms with Gasteiger partial charge in [0.05, 0.1) is 4.92 Å². The van der Waals surface area contributed by atoms with Crippen LogP contribution in [0.3, 0.4) is 0 Å². The van der Waals surface area contributed by atoms with Crippen LogP contribution in [0.15, 0.2) is 54.6 Å². The molecule has 1 unspecified atom stereocenters. The minimum Gasteiger partial charge on any atom is -0.442 e. The van der Waals surface area contributed by atoms with Gasteiger partial charge in [0.1, 0.15) is 5.75 Å². The summed E-state index contributed by atoms with van der Waals surface area (Å²) in [4.78, 5) is 9.97. The fourth-order valence-electron chi connectivity index (χ4n) is 1.38. The smallest absolute Gasteiger partial charge is 0.269 e. The molecule has 18 heavy (non-hydrogen) atoms. The number of nitro benzene ring substituents is 1. The van der Waals surface area contributed by atoms with Gasteiger partial charge in [0.15, 0.2) is 0 Å². The Morgan fingerprint density at radius 1 is 1.00 bits per heavy atom. The van der Waals surface area contributed by atoms with Crippen molar-refractivity contribution in [3.05, 3.63) is 64.7 Å². The maximum Gasteiger partial charge on any atom is 0.269 e. The second kappa shape index (κ2) is 5.47. The molecule has 0 amide bonds. The van der Waals surface area contributed by atoms with E-state index < -0.39 is 13.0 Å². The Hall–Kier alpha value is -2.13. The zero-order valence-electron chi connectivity index (χ0n) is 9.28. The second-order valence-electron chi connectivity index (χ2n) is 3.51. The molecule has 0 aliphatic rings. The third-order valence-corrected chi connectivity index (χ3v) is 3.49. The Kier molecular flexibility index (Phi) is 3.75. The van der Waals surface area contributed by atoms with E-state index in [0.717, 1.165) is 0 Å². The Morgan fingerprint density at radius 3 is 2.17 bits per heavy atom. The summed E-state index contributed by atoms with van der Waals surface area (Å²) in [5, 5.41) is 11.1. The minimum absolute atomic E-state index is 0.0262. The van der Waals surface area contributed by atoms with E-state index in [1.54, 1.807) is 24.3 Å². The third kappa shape index (κ3) is 2.96. The van der Waals surface area contributed by atoms with Crippen LogP contribution in [0.2, 0.25) is 0 Å². The maximum absolute atomic E-state index is 11.9. The Morgan fingerprint density at radius 2 is 1.61 bits per heavy atom. The van der Waals surface area contributed by atoms with Crippen LogP contribution in [0.1, 0.15) is 0 Å². The number of rotatable bonds is 4. The average molecular weight is 263 g/mol. The van der Waals surface area contributed by atoms with Crippen LogP contribution in [-0.4, -0.2) is 4.92 Å². The Labute approximate surface area is 104 Å². The molecule has 6 heteroatoms. The average Bonchev–Trinajstić information content (AvgIpc) is 2.40. The molecule has 2 aromatic rings. The molecule has 0 bridgehead atoms. The van der Waals surface area contributed by atoms with E-state index in [-0.39, 0.29) is 5.69 Å². The monoisotopic (exact) mass is 263 g/mol. The van der Waals surface area contributed by atoms with Crippen LogP contribution in [0, 0.1) is 10.1 Å². The van der Waals surface area contributed by atoms with Gasteiger partial charge < -0.3 is 4.52 Å². The van der Waals surface area contributed by atoms with E-state index in [0.29, 0.717) is 11.1 Å². The molecule has 0 saturated heterocycles. The molecule has 0 aromatic heterocycles. The first kappa shape index (κ1) is 12.3. The van der Waals surface area contributed by atoms with Gasteiger partial charge in [-0.1, -0.05) is 18.2 Å². The van der Waals surface area contributed by atoms with Crippen LogP contribution < -0.4 is 9.83 Å². The van der Waals surface area contributed by atoms with Crippen molar-refractivity contribution in [2.75, 3.05) is 0 Å². The first-order valence-corrected chi connectivity index (χ1v) is 6.50. The van der Waals surface area contributed by atoms with Gasteiger partial charge in [-0.15, -0.1) is 0 Å². The number of hydrogen-bond donors (Lipinski definition) is 0. The fraction of sp³-hybridized carbons (Fsp3) is 0. The highest BCUT2D eigenvalue weighted by molar-refractivity contribution is 7.48. The summed E-state index contributed by atoms with van der Waals surface area (Å²) in [7, 11) is -2.37. The van der Waals surface area contributed by atoms with E-state index in [1.165, 1.54) is 24.3 Å². The van der Waals surface area contributed by atoms with Crippen molar-refractivity contribution < 1.29 is 14.0 Å². The lowest BCUT2D eigenvalue weighted by Gasteiger charge is -2.05. The summed E-state index contributed by atoms with van der Waals surface area (Å²) in [6.45, 7) is 0. The van der Waals surface area contributed by atoms with E-state index in [2.05, 4.69) is 0 Å². The summed E-state index contributed by atoms with van der Waals surface area (Å²) in [5.74, 6) is 0.355. The first-order valence-electron chi connectivity index (χ1n) is 5.18. The van der Waals surface area contributed by atoms with Crippen LogP contribution >= 0.6 is 8.03 Å². The molecular weight excluding hydrogens is 253 g/mol. The second-order valence-corrected chi connectivity index (χ2v) is 4.86. The van der Waals surface area contributed by atoms with Gasteiger partial charge in [-0.25, -0.2) is 0 Å². The third-order valence-electron chi connectivity index (χ3n) is 2.27. The highest BCUT2D eigenvalue weighted by atomic mass is 31.1. The van der Waals surface area contributed by atoms with Gasteiger partial charge in [0, 0.05) is 17.4 Å². The van der Waals surface area contributed by atoms with Gasteiger partial charge >= 0.3 is 0 Å². The van der Waals surface area contributed by atoms with Crippen LogP contribution in [0.5, 0.6) is 5.75 Å². The predicted molar refractivity (Wildman–Crippen MR) is 68.8 cm³/mol. The number of nitrogens with zero attached hydrogens (tertiary/aromatic N) is 1. The lowest BCUT2D eigenvalue weighted by molar-refractivity contribution is -0.384. The van der Waals surface area contributed by atoms with Crippen molar-refractivity contribution in [3.8, 4) is 5.75 Å². The molecule has 0 spiro atoms. The molecule has 2 aromatic carbocycles. The SMILES string of the molecule is O=[N+]([O-])c1ccc(O[PH](=O)c2ccccc2)cc1. The fourth-order valence-corrected chi connectivity index (χ4v) is 2.31. The minimum atomic E-state index is -2.37. The van der Waals surface area contributed by atoms with E-state index in [1.807, 2.05) is 6.07 Å². The zero-order chi connectivity index (χ0) is 13.0. The maximum atomic E-state index is 11.9. The van der Waals surface area contributed by atoms with Crippen molar-refractivity contribution in [1.29, 1.82) is 0 Å². The predicted octanol–water partition coefficient (Wildman–Crippen LogP) is 2.77. The topological polar surface area (TPSA) is 69.4 Å². The zero-order valence-corrected chi connectivity index (χ0v) is 10.3. The number of non-ortho nitro benzene ring substituents is 1. The van der Waals surface area contributed by atoms with Gasteiger partial charge in [-0.2, -0.15) is 0 Å². The van der Waals surface area contributed by atoms with Crippen LogP contribution in [0.25, 0.3) is 0 Å². The molecular formula is C12H10NO4P. The quantitative estimate of drug-likeness (QED) is 0.483. The van der Waals surface area contributed by atoms with Crippen LogP contribution in [-0.2, 0) is 4.57 Å². The Bertz CT molecular complexity index is 568. The van der Waals surface area contributed by atoms with E-state index in [4.69, 9.17) is 4.52 Å². The first-order chi connectivity index (χ1) is 8.66. The molecule has 1 atom stereocenters.